The van der Waals surface area contributed by atoms with Crippen molar-refractivity contribution in [2.45, 2.75) is 25.6 Å². The summed E-state index contributed by atoms with van der Waals surface area (Å²) in [7, 11) is 0. The Balaban J connectivity index is 1.36. The fourth-order valence-corrected chi connectivity index (χ4v) is 4.23. The van der Waals surface area contributed by atoms with E-state index in [4.69, 9.17) is 0 Å². The van der Waals surface area contributed by atoms with E-state index in [1.807, 2.05) is 18.2 Å². The van der Waals surface area contributed by atoms with Crippen LogP contribution in [0.3, 0.4) is 0 Å². The van der Waals surface area contributed by atoms with Gasteiger partial charge in [-0.05, 0) is 41.3 Å². The number of hydrogen-bond acceptors (Lipinski definition) is 3. The van der Waals surface area contributed by atoms with E-state index in [0.29, 0.717) is 19.6 Å². The monoisotopic (exact) mass is 400 g/mol. The van der Waals surface area contributed by atoms with Crippen molar-refractivity contribution in [1.82, 2.24) is 9.80 Å². The van der Waals surface area contributed by atoms with Crippen LogP contribution in [-0.2, 0) is 19.5 Å². The lowest BCUT2D eigenvalue weighted by atomic mass is 10.00. The number of fused-ring (bicyclic) bond motifs is 2. The third-order valence-electron chi connectivity index (χ3n) is 5.06. The van der Waals surface area contributed by atoms with Gasteiger partial charge in [-0.3, -0.25) is 9.69 Å². The Labute approximate surface area is 156 Å². The van der Waals surface area contributed by atoms with E-state index in [2.05, 4.69) is 45.1 Å². The van der Waals surface area contributed by atoms with Crippen LogP contribution in [0.25, 0.3) is 0 Å². The number of hydrogen-bond donors (Lipinski definition) is 1. The highest BCUT2D eigenvalue weighted by Gasteiger charge is 2.29. The van der Waals surface area contributed by atoms with Crippen LogP contribution < -0.4 is 0 Å². The molecule has 2 aromatic rings. The first kappa shape index (κ1) is 16.8. The standard InChI is InChI=1S/C20H21BrN2O2/c21-17-5-6-19-16(9-17)11-23(20(19)25)13-18(24)12-22-8-7-14-3-1-2-4-15(14)10-22/h1-6,9,18,24H,7-8,10-13H2. The van der Waals surface area contributed by atoms with Crippen molar-refractivity contribution < 1.29 is 9.90 Å². The zero-order valence-electron chi connectivity index (χ0n) is 14.0. The van der Waals surface area contributed by atoms with Crippen molar-refractivity contribution in [1.29, 1.82) is 0 Å². The maximum atomic E-state index is 12.5. The maximum absolute atomic E-state index is 12.5. The topological polar surface area (TPSA) is 43.8 Å². The fourth-order valence-electron chi connectivity index (χ4n) is 3.82. The van der Waals surface area contributed by atoms with Crippen molar-refractivity contribution in [2.75, 3.05) is 19.6 Å². The van der Waals surface area contributed by atoms with E-state index in [1.165, 1.54) is 11.1 Å². The number of carbonyl (C=O) groups is 1. The first-order valence-corrected chi connectivity index (χ1v) is 9.44. The van der Waals surface area contributed by atoms with Crippen LogP contribution >= 0.6 is 15.9 Å². The summed E-state index contributed by atoms with van der Waals surface area (Å²) in [6.07, 6.45) is 0.484. The molecule has 0 aliphatic carbocycles. The third-order valence-corrected chi connectivity index (χ3v) is 5.55. The average molecular weight is 401 g/mol. The lowest BCUT2D eigenvalue weighted by Gasteiger charge is -2.31. The molecule has 0 saturated heterocycles. The van der Waals surface area contributed by atoms with Gasteiger partial charge in [0.05, 0.1) is 6.10 Å². The Morgan fingerprint density at radius 2 is 1.84 bits per heavy atom. The molecule has 0 bridgehead atoms. The molecule has 5 heteroatoms. The maximum Gasteiger partial charge on any atom is 0.254 e. The molecular formula is C20H21BrN2O2. The minimum absolute atomic E-state index is 0.0190. The Morgan fingerprint density at radius 1 is 1.04 bits per heavy atom. The number of rotatable bonds is 4. The Morgan fingerprint density at radius 3 is 2.68 bits per heavy atom. The molecule has 25 heavy (non-hydrogen) atoms. The van der Waals surface area contributed by atoms with E-state index < -0.39 is 6.10 Å². The number of aliphatic hydroxyl groups excluding tert-OH is 1. The Bertz CT molecular complexity index is 808. The zero-order valence-corrected chi connectivity index (χ0v) is 15.6. The van der Waals surface area contributed by atoms with Gasteiger partial charge in [0.2, 0.25) is 0 Å². The second kappa shape index (κ2) is 6.90. The second-order valence-electron chi connectivity index (χ2n) is 6.89. The minimum atomic E-state index is -0.535. The summed E-state index contributed by atoms with van der Waals surface area (Å²) in [6.45, 7) is 3.37. The number of carbonyl (C=O) groups excluding carboxylic acids is 1. The predicted octanol–water partition coefficient (Wildman–Crippen LogP) is 2.82. The van der Waals surface area contributed by atoms with Crippen LogP contribution in [0, 0.1) is 0 Å². The van der Waals surface area contributed by atoms with Gasteiger partial charge in [0.15, 0.2) is 0 Å². The van der Waals surface area contributed by atoms with Crippen LogP contribution in [0.15, 0.2) is 46.9 Å². The largest absolute Gasteiger partial charge is 0.390 e. The Hall–Kier alpha value is -1.69. The quantitative estimate of drug-likeness (QED) is 0.857. The number of amides is 1. The molecule has 1 unspecified atom stereocenters. The van der Waals surface area contributed by atoms with Crippen LogP contribution in [0.5, 0.6) is 0 Å². The van der Waals surface area contributed by atoms with Crippen molar-refractivity contribution in [3.05, 3.63) is 69.2 Å². The van der Waals surface area contributed by atoms with Gasteiger partial charge in [-0.1, -0.05) is 40.2 Å². The number of β-amino-alcohol motifs (C(OH)–C–C–N with tert-alkyl or cyclic N) is 1. The predicted molar refractivity (Wildman–Crippen MR) is 100 cm³/mol. The summed E-state index contributed by atoms with van der Waals surface area (Å²) < 4.78 is 0.980. The molecule has 2 aliphatic heterocycles. The van der Waals surface area contributed by atoms with Gasteiger partial charge in [-0.25, -0.2) is 0 Å². The molecule has 4 nitrogen and oxygen atoms in total. The van der Waals surface area contributed by atoms with Gasteiger partial charge in [-0.2, -0.15) is 0 Å². The number of aliphatic hydroxyl groups is 1. The molecule has 4 rings (SSSR count). The molecule has 0 aromatic heterocycles. The summed E-state index contributed by atoms with van der Waals surface area (Å²) >= 11 is 3.45. The lowest BCUT2D eigenvalue weighted by Crippen LogP contribution is -2.42. The van der Waals surface area contributed by atoms with Gasteiger partial charge in [0, 0.05) is 42.8 Å². The van der Waals surface area contributed by atoms with Gasteiger partial charge < -0.3 is 10.0 Å². The van der Waals surface area contributed by atoms with Gasteiger partial charge in [0.25, 0.3) is 5.91 Å². The van der Waals surface area contributed by atoms with Crippen LogP contribution in [-0.4, -0.2) is 46.6 Å². The minimum Gasteiger partial charge on any atom is -0.390 e. The Kier molecular flexibility index (Phi) is 4.63. The van der Waals surface area contributed by atoms with E-state index in [-0.39, 0.29) is 5.91 Å². The highest BCUT2D eigenvalue weighted by molar-refractivity contribution is 9.10. The van der Waals surface area contributed by atoms with Gasteiger partial charge >= 0.3 is 0 Å². The van der Waals surface area contributed by atoms with E-state index in [9.17, 15) is 9.90 Å². The van der Waals surface area contributed by atoms with Gasteiger partial charge in [0.1, 0.15) is 0 Å². The molecule has 2 heterocycles. The van der Waals surface area contributed by atoms with Crippen molar-refractivity contribution >= 4 is 21.8 Å². The van der Waals surface area contributed by atoms with E-state index >= 15 is 0 Å². The summed E-state index contributed by atoms with van der Waals surface area (Å²) in [5.74, 6) is 0.0190. The van der Waals surface area contributed by atoms with E-state index in [1.54, 1.807) is 4.90 Å². The first-order valence-electron chi connectivity index (χ1n) is 8.65. The van der Waals surface area contributed by atoms with Crippen molar-refractivity contribution in [3.63, 3.8) is 0 Å². The summed E-state index contributed by atoms with van der Waals surface area (Å²) in [4.78, 5) is 16.5. The van der Waals surface area contributed by atoms with Crippen LogP contribution in [0.1, 0.15) is 27.0 Å². The molecule has 1 atom stereocenters. The lowest BCUT2D eigenvalue weighted by molar-refractivity contribution is 0.0526. The molecule has 0 radical (unpaired) electrons. The number of nitrogens with zero attached hydrogens (tertiary/aromatic N) is 2. The van der Waals surface area contributed by atoms with Gasteiger partial charge in [-0.15, -0.1) is 0 Å². The first-order chi connectivity index (χ1) is 12.1. The number of halogens is 1. The summed E-state index contributed by atoms with van der Waals surface area (Å²) in [5, 5.41) is 10.5. The summed E-state index contributed by atoms with van der Waals surface area (Å²) in [6, 6.07) is 14.2. The fraction of sp³-hybridized carbons (Fsp3) is 0.350. The van der Waals surface area contributed by atoms with Crippen LogP contribution in [0.4, 0.5) is 0 Å². The molecule has 0 fully saturated rings. The second-order valence-corrected chi connectivity index (χ2v) is 7.81. The molecule has 0 saturated carbocycles. The average Bonchev–Trinajstić information content (AvgIpc) is 2.89. The zero-order chi connectivity index (χ0) is 17.4. The molecule has 130 valence electrons. The smallest absolute Gasteiger partial charge is 0.254 e. The third kappa shape index (κ3) is 3.50. The molecule has 1 amide bonds. The highest BCUT2D eigenvalue weighted by Crippen LogP contribution is 2.26. The highest BCUT2D eigenvalue weighted by atomic mass is 79.9. The SMILES string of the molecule is O=C1c2ccc(Br)cc2CN1CC(O)CN1CCc2ccccc2C1. The van der Waals surface area contributed by atoms with Crippen molar-refractivity contribution in [2.24, 2.45) is 0 Å². The molecule has 2 aliphatic rings. The van der Waals surface area contributed by atoms with Crippen molar-refractivity contribution in [3.8, 4) is 0 Å². The molecular weight excluding hydrogens is 380 g/mol. The summed E-state index contributed by atoms with van der Waals surface area (Å²) in [5.41, 5.74) is 4.53. The van der Waals surface area contributed by atoms with Crippen LogP contribution in [0.2, 0.25) is 0 Å². The number of benzene rings is 2. The molecule has 1 N–H and O–H groups in total. The molecule has 0 spiro atoms. The molecule has 2 aromatic carbocycles. The van der Waals surface area contributed by atoms with E-state index in [0.717, 1.165) is 35.1 Å². The normalized spacial score (nSPS) is 18.2.